The van der Waals surface area contributed by atoms with Gasteiger partial charge in [-0.15, -0.1) is 0 Å². The fourth-order valence-electron chi connectivity index (χ4n) is 1.33. The molecule has 0 amide bonds. The minimum Gasteiger partial charge on any atom is -0.508 e. The lowest BCUT2D eigenvalue weighted by Gasteiger charge is -2.07. The number of aromatic hydroxyl groups is 1. The maximum absolute atomic E-state index is 12.0. The maximum Gasteiger partial charge on any atom is 0.263 e. The highest BCUT2D eigenvalue weighted by atomic mass is 32.2. The van der Waals surface area contributed by atoms with Crippen molar-refractivity contribution < 1.29 is 13.5 Å². The van der Waals surface area contributed by atoms with Gasteiger partial charge in [-0.25, -0.2) is 13.4 Å². The second-order valence-electron chi connectivity index (χ2n) is 3.57. The van der Waals surface area contributed by atoms with Crippen LogP contribution in [-0.2, 0) is 10.0 Å². The first-order chi connectivity index (χ1) is 8.47. The number of nitrogens with zero attached hydrogens (tertiary/aromatic N) is 1. The molecule has 2 rings (SSSR count). The van der Waals surface area contributed by atoms with E-state index in [0.717, 1.165) is 0 Å². The molecule has 1 heterocycles. The Morgan fingerprint density at radius 3 is 2.61 bits per heavy atom. The smallest absolute Gasteiger partial charge is 0.263 e. The van der Waals surface area contributed by atoms with Crippen molar-refractivity contribution in [3.63, 3.8) is 0 Å². The first kappa shape index (κ1) is 12.2. The van der Waals surface area contributed by atoms with Gasteiger partial charge in [-0.2, -0.15) is 0 Å². The minimum absolute atomic E-state index is 0.0000397. The molecule has 0 bridgehead atoms. The number of benzene rings is 1. The van der Waals surface area contributed by atoms with Crippen LogP contribution in [-0.4, -0.2) is 18.5 Å². The summed E-state index contributed by atoms with van der Waals surface area (Å²) in [5, 5.41) is 9.25. The highest BCUT2D eigenvalue weighted by molar-refractivity contribution is 7.92. The molecule has 0 saturated carbocycles. The van der Waals surface area contributed by atoms with Crippen LogP contribution >= 0.6 is 0 Å². The number of aromatic nitrogens is 1. The Labute approximate surface area is 104 Å². The van der Waals surface area contributed by atoms with Crippen molar-refractivity contribution >= 4 is 21.5 Å². The number of phenols is 1. The van der Waals surface area contributed by atoms with E-state index in [1.807, 2.05) is 0 Å². The molecule has 18 heavy (non-hydrogen) atoms. The maximum atomic E-state index is 12.0. The third kappa shape index (κ3) is 2.69. The molecule has 0 atom stereocenters. The van der Waals surface area contributed by atoms with E-state index >= 15 is 0 Å². The van der Waals surface area contributed by atoms with Crippen LogP contribution in [0.1, 0.15) is 0 Å². The molecule has 0 unspecified atom stereocenters. The van der Waals surface area contributed by atoms with Crippen LogP contribution in [0.15, 0.2) is 47.5 Å². The number of hydrogen-bond acceptors (Lipinski definition) is 5. The molecule has 1 aromatic heterocycles. The number of sulfonamides is 1. The zero-order valence-electron chi connectivity index (χ0n) is 9.24. The quantitative estimate of drug-likeness (QED) is 0.772. The summed E-state index contributed by atoms with van der Waals surface area (Å²) in [4.78, 5) is 3.71. The lowest BCUT2D eigenvalue weighted by molar-refractivity contribution is 0.475. The van der Waals surface area contributed by atoms with Gasteiger partial charge in [0.1, 0.15) is 16.5 Å². The predicted octanol–water partition coefficient (Wildman–Crippen LogP) is 1.17. The van der Waals surface area contributed by atoms with Crippen LogP contribution < -0.4 is 10.5 Å². The summed E-state index contributed by atoms with van der Waals surface area (Å²) in [6.07, 6.45) is 1.17. The number of phenolic OH excluding ortho intramolecular Hbond substituents is 1. The van der Waals surface area contributed by atoms with Gasteiger partial charge in [-0.1, -0.05) is 6.07 Å². The summed E-state index contributed by atoms with van der Waals surface area (Å²) >= 11 is 0. The third-order valence-corrected chi connectivity index (χ3v) is 3.53. The second-order valence-corrected chi connectivity index (χ2v) is 5.26. The molecule has 0 aliphatic heterocycles. The topological polar surface area (TPSA) is 105 Å². The van der Waals surface area contributed by atoms with Gasteiger partial charge in [0, 0.05) is 12.3 Å². The average molecular weight is 265 g/mol. The molecule has 2 aromatic rings. The molecule has 0 radical (unpaired) electrons. The largest absolute Gasteiger partial charge is 0.508 e. The number of pyridine rings is 1. The van der Waals surface area contributed by atoms with Gasteiger partial charge in [0.05, 0.1) is 5.69 Å². The van der Waals surface area contributed by atoms with Gasteiger partial charge in [0.15, 0.2) is 0 Å². The first-order valence-electron chi connectivity index (χ1n) is 5.01. The molecule has 94 valence electrons. The Bertz CT molecular complexity index is 653. The molecule has 0 aliphatic rings. The van der Waals surface area contributed by atoms with Gasteiger partial charge in [-0.3, -0.25) is 4.72 Å². The van der Waals surface area contributed by atoms with E-state index in [9.17, 15) is 13.5 Å². The van der Waals surface area contributed by atoms with E-state index < -0.39 is 10.0 Å². The summed E-state index contributed by atoms with van der Waals surface area (Å²) in [7, 11) is -3.73. The summed E-state index contributed by atoms with van der Waals surface area (Å²) in [6.45, 7) is 0. The van der Waals surface area contributed by atoms with E-state index in [-0.39, 0.29) is 22.2 Å². The van der Waals surface area contributed by atoms with E-state index in [2.05, 4.69) is 9.71 Å². The molecule has 0 spiro atoms. The first-order valence-corrected chi connectivity index (χ1v) is 6.49. The number of nitrogen functional groups attached to an aromatic ring is 1. The van der Waals surface area contributed by atoms with Crippen LogP contribution in [0.4, 0.5) is 11.5 Å². The van der Waals surface area contributed by atoms with Crippen molar-refractivity contribution in [1.82, 2.24) is 4.98 Å². The number of nitrogens with two attached hydrogens (primary N) is 1. The van der Waals surface area contributed by atoms with Crippen molar-refractivity contribution in [2.24, 2.45) is 0 Å². The zero-order chi connectivity index (χ0) is 13.2. The summed E-state index contributed by atoms with van der Waals surface area (Å²) in [5.41, 5.74) is 5.65. The van der Waals surface area contributed by atoms with Crippen molar-refractivity contribution in [1.29, 1.82) is 0 Å². The summed E-state index contributed by atoms with van der Waals surface area (Å²) in [5.74, 6) is 0.219. The molecule has 1 aromatic carbocycles. The monoisotopic (exact) mass is 265 g/mol. The lowest BCUT2D eigenvalue weighted by atomic mass is 10.3. The van der Waals surface area contributed by atoms with Crippen LogP contribution in [0.5, 0.6) is 5.75 Å². The van der Waals surface area contributed by atoms with E-state index in [1.54, 1.807) is 0 Å². The van der Waals surface area contributed by atoms with Gasteiger partial charge in [0.2, 0.25) is 0 Å². The molecule has 0 fully saturated rings. The zero-order valence-corrected chi connectivity index (χ0v) is 10.1. The Morgan fingerprint density at radius 2 is 2.00 bits per heavy atom. The van der Waals surface area contributed by atoms with Gasteiger partial charge < -0.3 is 10.8 Å². The fourth-order valence-corrected chi connectivity index (χ4v) is 2.33. The number of nitrogens with one attached hydrogen (secondary N) is 1. The van der Waals surface area contributed by atoms with E-state index in [4.69, 9.17) is 5.73 Å². The van der Waals surface area contributed by atoms with Crippen LogP contribution in [0.2, 0.25) is 0 Å². The molecule has 0 aliphatic carbocycles. The third-order valence-electron chi connectivity index (χ3n) is 2.17. The molecule has 4 N–H and O–H groups in total. The molecular formula is C11H11N3O3S. The van der Waals surface area contributed by atoms with Crippen molar-refractivity contribution in [2.75, 3.05) is 10.5 Å². The SMILES string of the molecule is Nc1ccc(S(=O)(=O)Nc2cccc(O)c2)cn1. The number of hydrogen-bond donors (Lipinski definition) is 3. The van der Waals surface area contributed by atoms with Crippen LogP contribution in [0.25, 0.3) is 0 Å². The van der Waals surface area contributed by atoms with Gasteiger partial charge in [0.25, 0.3) is 10.0 Å². The summed E-state index contributed by atoms with van der Waals surface area (Å²) in [6, 6.07) is 8.58. The lowest BCUT2D eigenvalue weighted by Crippen LogP contribution is -2.13. The Balaban J connectivity index is 2.30. The fraction of sp³-hybridized carbons (Fsp3) is 0. The number of anilines is 2. The highest BCUT2D eigenvalue weighted by Gasteiger charge is 2.14. The Kier molecular flexibility index (Phi) is 3.07. The average Bonchev–Trinajstić information content (AvgIpc) is 2.29. The van der Waals surface area contributed by atoms with Gasteiger partial charge >= 0.3 is 0 Å². The normalized spacial score (nSPS) is 11.1. The predicted molar refractivity (Wildman–Crippen MR) is 67.6 cm³/mol. The second kappa shape index (κ2) is 4.53. The van der Waals surface area contributed by atoms with Crippen molar-refractivity contribution in [3.05, 3.63) is 42.6 Å². The minimum atomic E-state index is -3.73. The van der Waals surface area contributed by atoms with Crippen LogP contribution in [0, 0.1) is 0 Å². The molecule has 6 nitrogen and oxygen atoms in total. The van der Waals surface area contributed by atoms with Crippen molar-refractivity contribution in [2.45, 2.75) is 4.90 Å². The van der Waals surface area contributed by atoms with Crippen LogP contribution in [0.3, 0.4) is 0 Å². The van der Waals surface area contributed by atoms with E-state index in [0.29, 0.717) is 0 Å². The number of rotatable bonds is 3. The Hall–Kier alpha value is -2.28. The standard InChI is InChI=1S/C11H11N3O3S/c12-11-5-4-10(7-13-11)18(16,17)14-8-2-1-3-9(15)6-8/h1-7,14-15H,(H2,12,13). The molecule has 0 saturated heterocycles. The van der Waals surface area contributed by atoms with Crippen molar-refractivity contribution in [3.8, 4) is 5.75 Å². The highest BCUT2D eigenvalue weighted by Crippen LogP contribution is 2.19. The van der Waals surface area contributed by atoms with Gasteiger partial charge in [-0.05, 0) is 24.3 Å². The Morgan fingerprint density at radius 1 is 1.22 bits per heavy atom. The molecule has 7 heteroatoms. The molecular weight excluding hydrogens is 254 g/mol. The van der Waals surface area contributed by atoms with E-state index in [1.165, 1.54) is 42.6 Å². The summed E-state index contributed by atoms with van der Waals surface area (Å²) < 4.78 is 26.2.